The van der Waals surface area contributed by atoms with Crippen molar-refractivity contribution >= 4 is 23.9 Å². The Bertz CT molecular complexity index is 634. The van der Waals surface area contributed by atoms with E-state index in [4.69, 9.17) is 0 Å². The van der Waals surface area contributed by atoms with Crippen LogP contribution in [0.2, 0.25) is 0 Å². The molecule has 5 saturated carbocycles. The summed E-state index contributed by atoms with van der Waals surface area (Å²) in [7, 11) is 8.00. The summed E-state index contributed by atoms with van der Waals surface area (Å²) in [5, 5.41) is 0. The molecule has 0 aromatic heterocycles. The van der Waals surface area contributed by atoms with Crippen molar-refractivity contribution in [3.05, 3.63) is 12.2 Å². The van der Waals surface area contributed by atoms with Crippen LogP contribution in [-0.4, -0.2) is 23.9 Å². The van der Waals surface area contributed by atoms with Gasteiger partial charge >= 0.3 is 0 Å². The van der Waals surface area contributed by atoms with Gasteiger partial charge in [-0.25, -0.2) is 0 Å². The Labute approximate surface area is 298 Å². The van der Waals surface area contributed by atoms with E-state index in [-0.39, 0.29) is 30.7 Å². The standard InChI is InChI=1S/C22H40.C18H32.3CH4.B2.B/c1-17-3-7-19(8-4-17)15-21-11-13-22(14-12-21)16-20-9-5-18(2)6-10-20;1-3-4-5-16-10-12-18(13-11-16)14-17-8-6-15(2)7-9-17;;;;1-2;/h17-22H,3-16H2,1-2H3;3-4,15-18H,5-14H2,1-2H3;3*1H4;;/b;4-3+;;;;;. The average Bonchev–Trinajstić information content (AvgIpc) is 3.02. The van der Waals surface area contributed by atoms with Crippen molar-refractivity contribution in [2.24, 2.45) is 59.2 Å². The molecule has 5 aliphatic rings. The van der Waals surface area contributed by atoms with E-state index >= 15 is 0 Å². The molecule has 0 aliphatic heterocycles. The number of hydrogen-bond acceptors (Lipinski definition) is 0. The second-order valence-corrected chi connectivity index (χ2v) is 16.7. The summed E-state index contributed by atoms with van der Waals surface area (Å²) in [5.74, 6) is 10.6. The van der Waals surface area contributed by atoms with Gasteiger partial charge in [-0.1, -0.05) is 171 Å². The van der Waals surface area contributed by atoms with E-state index in [1.54, 1.807) is 70.6 Å². The zero-order valence-corrected chi connectivity index (χ0v) is 29.6. The van der Waals surface area contributed by atoms with Crippen LogP contribution in [-0.2, 0) is 0 Å². The molecule has 0 nitrogen and oxygen atoms in total. The van der Waals surface area contributed by atoms with Gasteiger partial charge in [0, 0.05) is 23.9 Å². The third kappa shape index (κ3) is 18.6. The molecule has 0 spiro atoms. The molecule has 0 N–H and O–H groups in total. The molecule has 5 fully saturated rings. The molecule has 0 unspecified atom stereocenters. The first kappa shape index (κ1) is 48.0. The largest absolute Gasteiger partial charge is 0.0917 e. The second-order valence-electron chi connectivity index (χ2n) is 16.7. The predicted molar refractivity (Wildman–Crippen MR) is 215 cm³/mol. The van der Waals surface area contributed by atoms with Crippen molar-refractivity contribution in [2.75, 3.05) is 0 Å². The molecule has 46 heavy (non-hydrogen) atoms. The van der Waals surface area contributed by atoms with E-state index in [9.17, 15) is 0 Å². The molecule has 7 radical (unpaired) electrons. The highest BCUT2D eigenvalue weighted by Crippen LogP contribution is 2.42. The van der Waals surface area contributed by atoms with Gasteiger partial charge in [-0.2, -0.15) is 0 Å². The third-order valence-corrected chi connectivity index (χ3v) is 13.0. The Morgan fingerprint density at radius 1 is 0.391 bits per heavy atom. The van der Waals surface area contributed by atoms with E-state index in [0.717, 1.165) is 59.2 Å². The number of rotatable bonds is 8. The molecule has 5 rings (SSSR count). The summed E-state index contributed by atoms with van der Waals surface area (Å²) in [6.45, 7) is 9.49. The lowest BCUT2D eigenvalue weighted by atomic mass is 9.70. The number of allylic oxidation sites excluding steroid dienone is 2. The van der Waals surface area contributed by atoms with Gasteiger partial charge in [0.15, 0.2) is 0 Å². The van der Waals surface area contributed by atoms with Gasteiger partial charge in [-0.3, -0.25) is 0 Å². The van der Waals surface area contributed by atoms with Crippen molar-refractivity contribution in [3.63, 3.8) is 0 Å². The van der Waals surface area contributed by atoms with Crippen molar-refractivity contribution in [1.29, 1.82) is 0 Å². The fraction of sp³-hybridized carbons (Fsp3) is 0.953. The highest BCUT2D eigenvalue weighted by molar-refractivity contribution is 6.75. The van der Waals surface area contributed by atoms with E-state index < -0.39 is 0 Å². The van der Waals surface area contributed by atoms with E-state index in [2.05, 4.69) is 55.3 Å². The predicted octanol–water partition coefficient (Wildman–Crippen LogP) is 14.0. The second kappa shape index (κ2) is 27.7. The molecular formula is C43H84B3. The highest BCUT2D eigenvalue weighted by Gasteiger charge is 2.29. The fourth-order valence-electron chi connectivity index (χ4n) is 9.84. The lowest BCUT2D eigenvalue weighted by Gasteiger charge is -2.35. The van der Waals surface area contributed by atoms with Gasteiger partial charge in [0.05, 0.1) is 0 Å². The van der Waals surface area contributed by atoms with Gasteiger partial charge in [-0.15, -0.1) is 0 Å². The van der Waals surface area contributed by atoms with Crippen LogP contribution in [0.1, 0.15) is 204 Å². The highest BCUT2D eigenvalue weighted by atomic mass is 14.3. The van der Waals surface area contributed by atoms with E-state index in [1.807, 2.05) is 0 Å². The molecule has 0 heterocycles. The van der Waals surface area contributed by atoms with Crippen LogP contribution in [0.5, 0.6) is 0 Å². The summed E-state index contributed by atoms with van der Waals surface area (Å²) in [4.78, 5) is 0. The minimum absolute atomic E-state index is 0. The van der Waals surface area contributed by atoms with Crippen LogP contribution >= 0.6 is 0 Å². The zero-order chi connectivity index (χ0) is 30.2. The third-order valence-electron chi connectivity index (χ3n) is 13.0. The molecule has 5 aliphatic carbocycles. The molecule has 0 saturated heterocycles. The minimum Gasteiger partial charge on any atom is -0.0917 e. The Morgan fingerprint density at radius 3 is 0.804 bits per heavy atom. The quantitative estimate of drug-likeness (QED) is 0.184. The van der Waals surface area contributed by atoms with Crippen LogP contribution in [0.15, 0.2) is 12.2 Å². The summed E-state index contributed by atoms with van der Waals surface area (Å²) in [5.41, 5.74) is 0. The maximum Gasteiger partial charge on any atom is 0 e. The van der Waals surface area contributed by atoms with Gasteiger partial charge in [-0.05, 0) is 105 Å². The molecule has 3 heteroatoms. The van der Waals surface area contributed by atoms with Crippen LogP contribution in [0, 0.1) is 59.2 Å². The monoisotopic (exact) mass is 634 g/mol. The van der Waals surface area contributed by atoms with Crippen LogP contribution < -0.4 is 0 Å². The lowest BCUT2D eigenvalue weighted by Crippen LogP contribution is -2.22. The first-order valence-corrected chi connectivity index (χ1v) is 19.4. The summed E-state index contributed by atoms with van der Waals surface area (Å²) in [6.07, 6.45) is 41.3. The van der Waals surface area contributed by atoms with Gasteiger partial charge in [0.2, 0.25) is 0 Å². The van der Waals surface area contributed by atoms with Crippen LogP contribution in [0.3, 0.4) is 0 Å². The topological polar surface area (TPSA) is 0 Å². The van der Waals surface area contributed by atoms with Crippen LogP contribution in [0.4, 0.5) is 0 Å². The maximum atomic E-state index is 4.00. The fourth-order valence-corrected chi connectivity index (χ4v) is 9.84. The molecular weight excluding hydrogens is 549 g/mol. The van der Waals surface area contributed by atoms with Gasteiger partial charge in [0.25, 0.3) is 0 Å². The Hall–Kier alpha value is -0.0652. The van der Waals surface area contributed by atoms with E-state index in [0.29, 0.717) is 0 Å². The zero-order valence-electron chi connectivity index (χ0n) is 29.6. The molecule has 265 valence electrons. The normalized spacial score (nSPS) is 36.0. The van der Waals surface area contributed by atoms with Crippen molar-refractivity contribution in [3.8, 4) is 0 Å². The first-order chi connectivity index (χ1) is 20.5. The van der Waals surface area contributed by atoms with Crippen molar-refractivity contribution in [1.82, 2.24) is 0 Å². The van der Waals surface area contributed by atoms with Crippen molar-refractivity contribution in [2.45, 2.75) is 204 Å². The molecule has 0 aromatic carbocycles. The summed E-state index contributed by atoms with van der Waals surface area (Å²) in [6, 6.07) is 0. The molecule has 0 aromatic rings. The minimum atomic E-state index is 0. The van der Waals surface area contributed by atoms with Gasteiger partial charge in [0.1, 0.15) is 0 Å². The van der Waals surface area contributed by atoms with Crippen molar-refractivity contribution < 1.29 is 0 Å². The van der Waals surface area contributed by atoms with E-state index in [1.165, 1.54) is 83.5 Å². The number of hydrogen-bond donors (Lipinski definition) is 0. The van der Waals surface area contributed by atoms with Crippen LogP contribution in [0.25, 0.3) is 0 Å². The lowest BCUT2D eigenvalue weighted by molar-refractivity contribution is 0.168. The SMILES string of the molecule is C.C.C.C/C=C/CC1CCC(CC2CCC(C)CC2)CC1.CC1CCC(CC2CCC(CC3CCC(C)CC3)CC2)CC1.[B].[B][B]. The smallest absolute Gasteiger partial charge is 0 e. The average molecular weight is 634 g/mol. The Morgan fingerprint density at radius 2 is 0.587 bits per heavy atom. The molecule has 0 atom stereocenters. The first-order valence-electron chi connectivity index (χ1n) is 19.4. The van der Waals surface area contributed by atoms with Gasteiger partial charge < -0.3 is 0 Å². The molecule has 0 amide bonds. The summed E-state index contributed by atoms with van der Waals surface area (Å²) < 4.78 is 0. The Kier molecular flexibility index (Phi) is 29.0. The Balaban J connectivity index is 0. The molecule has 0 bridgehead atoms. The summed E-state index contributed by atoms with van der Waals surface area (Å²) >= 11 is 0. The maximum absolute atomic E-state index is 4.00.